The van der Waals surface area contributed by atoms with Crippen LogP contribution in [0.4, 0.5) is 0 Å². The summed E-state index contributed by atoms with van der Waals surface area (Å²) in [6, 6.07) is 3.87. The van der Waals surface area contributed by atoms with Crippen molar-refractivity contribution in [1.29, 1.82) is 0 Å². The van der Waals surface area contributed by atoms with Crippen LogP contribution in [0.15, 0.2) is 36.1 Å². The van der Waals surface area contributed by atoms with Gasteiger partial charge in [-0.05, 0) is 24.4 Å². The van der Waals surface area contributed by atoms with Crippen molar-refractivity contribution in [3.05, 3.63) is 47.5 Å². The number of pyridine rings is 1. The first kappa shape index (κ1) is 12.0. The molecule has 4 nitrogen and oxygen atoms in total. The molecule has 3 heterocycles. The Morgan fingerprint density at radius 1 is 1.42 bits per heavy atom. The summed E-state index contributed by atoms with van der Waals surface area (Å²) in [5, 5.41) is 1.98. The van der Waals surface area contributed by atoms with E-state index in [2.05, 4.69) is 9.97 Å². The Bertz CT molecular complexity index is 729. The van der Waals surface area contributed by atoms with Crippen molar-refractivity contribution in [1.82, 2.24) is 14.5 Å². The number of aryl methyl sites for hydroxylation is 1. The molecule has 0 amide bonds. The average molecular weight is 271 g/mol. The number of carbonyl (C=O) groups excluding carboxylic acids is 1. The van der Waals surface area contributed by atoms with Gasteiger partial charge in [-0.2, -0.15) is 0 Å². The van der Waals surface area contributed by atoms with E-state index in [9.17, 15) is 4.79 Å². The maximum absolute atomic E-state index is 12.3. The highest BCUT2D eigenvalue weighted by Gasteiger charge is 2.12. The zero-order valence-corrected chi connectivity index (χ0v) is 11.4. The van der Waals surface area contributed by atoms with Gasteiger partial charge in [-0.3, -0.25) is 9.78 Å². The number of carbonyl (C=O) groups is 1. The summed E-state index contributed by atoms with van der Waals surface area (Å²) in [5.74, 6) is 0.863. The van der Waals surface area contributed by atoms with Crippen molar-refractivity contribution in [3.8, 4) is 0 Å². The number of hydrogen-bond acceptors (Lipinski definition) is 4. The summed E-state index contributed by atoms with van der Waals surface area (Å²) < 4.78 is 3.03. The second-order valence-electron chi connectivity index (χ2n) is 4.26. The van der Waals surface area contributed by atoms with E-state index in [0.717, 1.165) is 22.6 Å². The van der Waals surface area contributed by atoms with Gasteiger partial charge in [0, 0.05) is 30.7 Å². The quantitative estimate of drug-likeness (QED) is 0.685. The third-order valence-corrected chi connectivity index (χ3v) is 3.94. The molecule has 5 heteroatoms. The average Bonchev–Trinajstić information content (AvgIpc) is 3.05. The van der Waals surface area contributed by atoms with Gasteiger partial charge < -0.3 is 4.57 Å². The molecule has 0 aliphatic rings. The zero-order chi connectivity index (χ0) is 13.2. The molecule has 0 aliphatic heterocycles. The van der Waals surface area contributed by atoms with Gasteiger partial charge in [-0.1, -0.05) is 0 Å². The van der Waals surface area contributed by atoms with Crippen molar-refractivity contribution in [2.24, 2.45) is 0 Å². The molecule has 19 heavy (non-hydrogen) atoms. The van der Waals surface area contributed by atoms with Gasteiger partial charge in [-0.15, -0.1) is 11.3 Å². The van der Waals surface area contributed by atoms with Crippen LogP contribution in [0.1, 0.15) is 23.1 Å². The molecule has 0 spiro atoms. The topological polar surface area (TPSA) is 47.8 Å². The van der Waals surface area contributed by atoms with E-state index >= 15 is 0 Å². The van der Waals surface area contributed by atoms with E-state index in [0.29, 0.717) is 12.0 Å². The molecule has 3 aromatic rings. The Hall–Kier alpha value is -2.01. The molecule has 0 bridgehead atoms. The van der Waals surface area contributed by atoms with Crippen LogP contribution in [0, 0.1) is 0 Å². The Morgan fingerprint density at radius 2 is 2.32 bits per heavy atom. The number of aromatic nitrogens is 3. The Balaban J connectivity index is 1.87. The lowest BCUT2D eigenvalue weighted by Gasteiger charge is -2.04. The number of rotatable bonds is 4. The molecule has 96 valence electrons. The summed E-state index contributed by atoms with van der Waals surface area (Å²) in [6.07, 6.45) is 5.59. The summed E-state index contributed by atoms with van der Waals surface area (Å²) >= 11 is 1.60. The molecule has 0 unspecified atom stereocenters. The van der Waals surface area contributed by atoms with Gasteiger partial charge in [0.15, 0.2) is 5.78 Å². The third-order valence-electron chi connectivity index (χ3n) is 3.09. The monoisotopic (exact) mass is 271 g/mol. The summed E-state index contributed by atoms with van der Waals surface area (Å²) in [5.41, 5.74) is 1.59. The largest absolute Gasteiger partial charge is 0.335 e. The first-order valence-corrected chi connectivity index (χ1v) is 7.02. The van der Waals surface area contributed by atoms with Crippen LogP contribution < -0.4 is 0 Å². The van der Waals surface area contributed by atoms with E-state index in [1.165, 1.54) is 0 Å². The highest BCUT2D eigenvalue weighted by Crippen LogP contribution is 2.20. The number of fused-ring (bicyclic) bond motifs is 1. The second kappa shape index (κ2) is 4.93. The van der Waals surface area contributed by atoms with Gasteiger partial charge in [0.25, 0.3) is 0 Å². The summed E-state index contributed by atoms with van der Waals surface area (Å²) in [4.78, 5) is 20.8. The van der Waals surface area contributed by atoms with Crippen molar-refractivity contribution >= 4 is 27.3 Å². The molecule has 3 rings (SSSR count). The first-order chi connectivity index (χ1) is 9.28. The molecule has 0 N–H and O–H groups in total. The van der Waals surface area contributed by atoms with Gasteiger partial charge in [0.1, 0.15) is 5.82 Å². The summed E-state index contributed by atoms with van der Waals surface area (Å²) in [7, 11) is 0. The third kappa shape index (κ3) is 2.29. The molecule has 0 saturated heterocycles. The summed E-state index contributed by atoms with van der Waals surface area (Å²) in [6.45, 7) is 2.86. The van der Waals surface area contributed by atoms with Crippen LogP contribution in [-0.4, -0.2) is 20.3 Å². The van der Waals surface area contributed by atoms with Gasteiger partial charge in [0.2, 0.25) is 0 Å². The van der Waals surface area contributed by atoms with E-state index in [1.807, 2.05) is 35.2 Å². The van der Waals surface area contributed by atoms with Crippen molar-refractivity contribution in [3.63, 3.8) is 0 Å². The van der Waals surface area contributed by atoms with Gasteiger partial charge in [0.05, 0.1) is 16.6 Å². The highest BCUT2D eigenvalue weighted by atomic mass is 32.1. The molecule has 0 fully saturated rings. The van der Waals surface area contributed by atoms with Crippen LogP contribution in [0.5, 0.6) is 0 Å². The minimum atomic E-state index is 0.0590. The fraction of sp³-hybridized carbons (Fsp3) is 0.214. The predicted octanol–water partition coefficient (Wildman–Crippen LogP) is 2.94. The lowest BCUT2D eigenvalue weighted by molar-refractivity contribution is 0.0989. The van der Waals surface area contributed by atoms with Crippen LogP contribution in [0.25, 0.3) is 10.2 Å². The van der Waals surface area contributed by atoms with Gasteiger partial charge >= 0.3 is 0 Å². The smallest absolute Gasteiger partial charge is 0.171 e. The maximum atomic E-state index is 12.3. The minimum absolute atomic E-state index is 0.0590. The second-order valence-corrected chi connectivity index (χ2v) is 5.21. The van der Waals surface area contributed by atoms with E-state index in [4.69, 9.17) is 0 Å². The fourth-order valence-corrected chi connectivity index (χ4v) is 2.82. The molecule has 0 saturated carbocycles. The number of ketones is 1. The Morgan fingerprint density at radius 3 is 3.16 bits per heavy atom. The molecule has 3 aromatic heterocycles. The predicted molar refractivity (Wildman–Crippen MR) is 75.6 cm³/mol. The normalized spacial score (nSPS) is 11.0. The molecule has 0 aromatic carbocycles. The molecule has 0 radical (unpaired) electrons. The van der Waals surface area contributed by atoms with Crippen LogP contribution in [0.2, 0.25) is 0 Å². The van der Waals surface area contributed by atoms with E-state index < -0.39 is 0 Å². The lowest BCUT2D eigenvalue weighted by Crippen LogP contribution is -2.09. The molecule has 0 atom stereocenters. The Kier molecular flexibility index (Phi) is 3.13. The molecule has 0 aliphatic carbocycles. The number of nitrogens with zero attached hydrogens (tertiary/aromatic N) is 3. The first-order valence-electron chi connectivity index (χ1n) is 6.14. The number of thiophene rings is 1. The standard InChI is InChI=1S/C14H13N3OS/c1-2-17-5-4-15-14(17)8-12(18)10-7-13-11(16-9-10)3-6-19-13/h3-7,9H,2,8H2,1H3. The molecular formula is C14H13N3OS. The van der Waals surface area contributed by atoms with Crippen LogP contribution >= 0.6 is 11.3 Å². The van der Waals surface area contributed by atoms with E-state index in [-0.39, 0.29) is 5.78 Å². The lowest BCUT2D eigenvalue weighted by atomic mass is 10.1. The Labute approximate surface area is 114 Å². The highest BCUT2D eigenvalue weighted by molar-refractivity contribution is 7.17. The van der Waals surface area contributed by atoms with Crippen LogP contribution in [0.3, 0.4) is 0 Å². The minimum Gasteiger partial charge on any atom is -0.335 e. The number of hydrogen-bond donors (Lipinski definition) is 0. The maximum Gasteiger partial charge on any atom is 0.171 e. The SMILES string of the molecule is CCn1ccnc1CC(=O)c1cnc2ccsc2c1. The van der Waals surface area contributed by atoms with E-state index in [1.54, 1.807) is 23.7 Å². The fourth-order valence-electron chi connectivity index (χ4n) is 2.04. The van der Waals surface area contributed by atoms with Crippen molar-refractivity contribution in [2.75, 3.05) is 0 Å². The van der Waals surface area contributed by atoms with Crippen LogP contribution in [-0.2, 0) is 13.0 Å². The molecular weight excluding hydrogens is 258 g/mol. The zero-order valence-electron chi connectivity index (χ0n) is 10.5. The number of Topliss-reactive ketones (excluding diaryl/α,β-unsaturated/α-hetero) is 1. The van der Waals surface area contributed by atoms with Crippen molar-refractivity contribution < 1.29 is 4.79 Å². The van der Waals surface area contributed by atoms with Crippen molar-refractivity contribution in [2.45, 2.75) is 19.9 Å². The van der Waals surface area contributed by atoms with Gasteiger partial charge in [-0.25, -0.2) is 4.98 Å². The number of imidazole rings is 1.